The predicted octanol–water partition coefficient (Wildman–Crippen LogP) is 4.11. The summed E-state index contributed by atoms with van der Waals surface area (Å²) in [5.74, 6) is -0.530. The number of anilines is 1. The molecule has 1 saturated heterocycles. The molecule has 0 aromatic heterocycles. The van der Waals surface area contributed by atoms with Crippen molar-refractivity contribution in [3.05, 3.63) is 60.2 Å². The van der Waals surface area contributed by atoms with E-state index in [4.69, 9.17) is 0 Å². The van der Waals surface area contributed by atoms with Gasteiger partial charge in [0.1, 0.15) is 5.75 Å². The number of benzene rings is 2. The van der Waals surface area contributed by atoms with Gasteiger partial charge in [-0.2, -0.15) is 13.1 Å². The van der Waals surface area contributed by atoms with Crippen molar-refractivity contribution in [1.29, 1.82) is 0 Å². The van der Waals surface area contributed by atoms with Crippen molar-refractivity contribution < 1.29 is 26.7 Å². The number of carbonyl (C=O) groups excluding carboxylic acids is 1. The van der Waals surface area contributed by atoms with Crippen molar-refractivity contribution in [3.63, 3.8) is 0 Å². The van der Waals surface area contributed by atoms with Crippen LogP contribution in [0, 0.1) is 0 Å². The van der Waals surface area contributed by atoms with Gasteiger partial charge in [0, 0.05) is 30.4 Å². The van der Waals surface area contributed by atoms with Gasteiger partial charge in [-0.3, -0.25) is 4.79 Å². The van der Waals surface area contributed by atoms with Gasteiger partial charge in [0.05, 0.1) is 4.90 Å². The van der Waals surface area contributed by atoms with E-state index in [0.29, 0.717) is 24.3 Å². The minimum Gasteiger partial charge on any atom is -0.434 e. The third kappa shape index (κ3) is 5.64. The molecule has 2 aromatic rings. The molecular weight excluding hydrogens is 414 g/mol. The first kappa shape index (κ1) is 21.9. The van der Waals surface area contributed by atoms with Crippen LogP contribution in [0.5, 0.6) is 5.75 Å². The van der Waals surface area contributed by atoms with Crippen molar-refractivity contribution in [2.45, 2.75) is 30.8 Å². The minimum absolute atomic E-state index is 0.0381. The fraction of sp³-hybridized carbons (Fsp3) is 0.286. The maximum Gasteiger partial charge on any atom is 0.387 e. The molecule has 1 aliphatic rings. The maximum absolute atomic E-state index is 12.7. The number of para-hydroxylation sites is 1. The molecule has 0 atom stereocenters. The largest absolute Gasteiger partial charge is 0.434 e. The average Bonchev–Trinajstić information content (AvgIpc) is 2.74. The van der Waals surface area contributed by atoms with E-state index >= 15 is 0 Å². The number of halogens is 2. The van der Waals surface area contributed by atoms with E-state index in [-0.39, 0.29) is 10.6 Å². The molecule has 0 bridgehead atoms. The summed E-state index contributed by atoms with van der Waals surface area (Å²) in [4.78, 5) is 12.3. The zero-order valence-corrected chi connectivity index (χ0v) is 16.9. The third-order valence-electron chi connectivity index (χ3n) is 4.62. The van der Waals surface area contributed by atoms with Gasteiger partial charge >= 0.3 is 6.61 Å². The fourth-order valence-electron chi connectivity index (χ4n) is 3.14. The molecule has 9 heteroatoms. The van der Waals surface area contributed by atoms with Crippen molar-refractivity contribution in [2.24, 2.45) is 0 Å². The highest BCUT2D eigenvalue weighted by molar-refractivity contribution is 7.89. The molecule has 0 radical (unpaired) electrons. The van der Waals surface area contributed by atoms with Crippen molar-refractivity contribution in [3.8, 4) is 5.75 Å². The normalized spacial score (nSPS) is 15.4. The summed E-state index contributed by atoms with van der Waals surface area (Å²) < 4.78 is 56.1. The minimum atomic E-state index is -3.54. The quantitative estimate of drug-likeness (QED) is 0.663. The van der Waals surface area contributed by atoms with E-state index in [0.717, 1.165) is 19.3 Å². The number of hydrogen-bond acceptors (Lipinski definition) is 4. The lowest BCUT2D eigenvalue weighted by molar-refractivity contribution is -0.111. The Kier molecular flexibility index (Phi) is 7.17. The van der Waals surface area contributed by atoms with Gasteiger partial charge in [-0.05, 0) is 49.2 Å². The number of nitrogens with zero attached hydrogens (tertiary/aromatic N) is 1. The summed E-state index contributed by atoms with van der Waals surface area (Å²) in [6.07, 6.45) is 5.29. The fourth-order valence-corrected chi connectivity index (χ4v) is 4.65. The summed E-state index contributed by atoms with van der Waals surface area (Å²) >= 11 is 0. The van der Waals surface area contributed by atoms with E-state index in [1.807, 2.05) is 0 Å². The van der Waals surface area contributed by atoms with Gasteiger partial charge in [-0.1, -0.05) is 24.6 Å². The number of alkyl halides is 2. The lowest BCUT2D eigenvalue weighted by Crippen LogP contribution is -2.35. The molecule has 0 saturated carbocycles. The zero-order valence-electron chi connectivity index (χ0n) is 16.1. The van der Waals surface area contributed by atoms with Crippen LogP contribution >= 0.6 is 0 Å². The Morgan fingerprint density at radius 2 is 1.70 bits per heavy atom. The molecular formula is C21H22F2N2O4S. The van der Waals surface area contributed by atoms with Gasteiger partial charge in [-0.15, -0.1) is 0 Å². The molecule has 0 unspecified atom stereocenters. The molecule has 1 amide bonds. The highest BCUT2D eigenvalue weighted by atomic mass is 32.2. The molecule has 30 heavy (non-hydrogen) atoms. The summed E-state index contributed by atoms with van der Waals surface area (Å²) in [6, 6.07) is 12.0. The van der Waals surface area contributed by atoms with Gasteiger partial charge in [0.2, 0.25) is 15.9 Å². The van der Waals surface area contributed by atoms with Crippen LogP contribution in [0.2, 0.25) is 0 Å². The van der Waals surface area contributed by atoms with E-state index in [9.17, 15) is 22.0 Å². The first-order valence-electron chi connectivity index (χ1n) is 9.49. The van der Waals surface area contributed by atoms with Gasteiger partial charge < -0.3 is 10.1 Å². The summed E-state index contributed by atoms with van der Waals surface area (Å²) in [5, 5.41) is 2.61. The average molecular weight is 436 g/mol. The topological polar surface area (TPSA) is 75.7 Å². The van der Waals surface area contributed by atoms with Crippen LogP contribution in [0.4, 0.5) is 14.5 Å². The summed E-state index contributed by atoms with van der Waals surface area (Å²) in [7, 11) is -3.54. The number of hydrogen-bond donors (Lipinski definition) is 1. The second kappa shape index (κ2) is 9.82. The predicted molar refractivity (Wildman–Crippen MR) is 110 cm³/mol. The lowest BCUT2D eigenvalue weighted by atomic mass is 10.2. The smallest absolute Gasteiger partial charge is 0.387 e. The van der Waals surface area contributed by atoms with E-state index in [1.54, 1.807) is 18.2 Å². The van der Waals surface area contributed by atoms with Gasteiger partial charge in [0.25, 0.3) is 0 Å². The van der Waals surface area contributed by atoms with Crippen LogP contribution in [0.3, 0.4) is 0 Å². The van der Waals surface area contributed by atoms with E-state index in [1.165, 1.54) is 46.8 Å². The van der Waals surface area contributed by atoms with Gasteiger partial charge in [0.15, 0.2) is 0 Å². The number of sulfonamides is 1. The number of ether oxygens (including phenoxy) is 1. The molecule has 1 N–H and O–H groups in total. The van der Waals surface area contributed by atoms with Crippen LogP contribution in [0.1, 0.15) is 24.8 Å². The molecule has 1 aliphatic heterocycles. The van der Waals surface area contributed by atoms with Crippen LogP contribution in [-0.4, -0.2) is 38.3 Å². The van der Waals surface area contributed by atoms with Crippen LogP contribution in [0.25, 0.3) is 6.08 Å². The number of nitrogens with one attached hydrogen (secondary N) is 1. The van der Waals surface area contributed by atoms with Crippen LogP contribution < -0.4 is 10.1 Å². The number of carbonyl (C=O) groups is 1. The first-order chi connectivity index (χ1) is 14.4. The standard InChI is InChI=1S/C21H22F2N2O4S/c22-21(23)29-19-7-3-2-6-16(19)8-13-20(26)24-17-9-11-18(12-10-17)30(27,28)25-14-4-1-5-15-25/h2-3,6-13,21H,1,4-5,14-15H2,(H,24,26)/b13-8+. The van der Waals surface area contributed by atoms with E-state index < -0.39 is 22.5 Å². The van der Waals surface area contributed by atoms with Crippen LogP contribution in [0.15, 0.2) is 59.5 Å². The highest BCUT2D eigenvalue weighted by Crippen LogP contribution is 2.23. The van der Waals surface area contributed by atoms with Crippen LogP contribution in [-0.2, 0) is 14.8 Å². The second-order valence-corrected chi connectivity index (χ2v) is 8.67. The van der Waals surface area contributed by atoms with Crippen molar-refractivity contribution in [1.82, 2.24) is 4.31 Å². The molecule has 2 aromatic carbocycles. The van der Waals surface area contributed by atoms with Crippen molar-refractivity contribution in [2.75, 3.05) is 18.4 Å². The third-order valence-corrected chi connectivity index (χ3v) is 6.54. The number of rotatable bonds is 7. The Morgan fingerprint density at radius 3 is 2.37 bits per heavy atom. The zero-order chi connectivity index (χ0) is 21.6. The maximum atomic E-state index is 12.7. The Balaban J connectivity index is 1.64. The number of piperidine rings is 1. The first-order valence-corrected chi connectivity index (χ1v) is 10.9. The Labute approximate surface area is 174 Å². The monoisotopic (exact) mass is 436 g/mol. The molecule has 0 spiro atoms. The molecule has 1 heterocycles. The second-order valence-electron chi connectivity index (χ2n) is 6.73. The molecule has 1 fully saturated rings. The Hall–Kier alpha value is -2.78. The molecule has 6 nitrogen and oxygen atoms in total. The number of amides is 1. The highest BCUT2D eigenvalue weighted by Gasteiger charge is 2.25. The van der Waals surface area contributed by atoms with Crippen molar-refractivity contribution >= 4 is 27.7 Å². The molecule has 160 valence electrons. The SMILES string of the molecule is O=C(/C=C/c1ccccc1OC(F)F)Nc1ccc(S(=O)(=O)N2CCCCC2)cc1. The van der Waals surface area contributed by atoms with E-state index in [2.05, 4.69) is 10.1 Å². The lowest BCUT2D eigenvalue weighted by Gasteiger charge is -2.25. The Morgan fingerprint density at radius 1 is 1.03 bits per heavy atom. The Bertz CT molecular complexity index is 1000. The molecule has 3 rings (SSSR count). The summed E-state index contributed by atoms with van der Waals surface area (Å²) in [5.41, 5.74) is 0.746. The molecule has 0 aliphatic carbocycles. The summed E-state index contributed by atoms with van der Waals surface area (Å²) in [6.45, 7) is -1.93. The van der Waals surface area contributed by atoms with Gasteiger partial charge in [-0.25, -0.2) is 8.42 Å².